The lowest BCUT2D eigenvalue weighted by molar-refractivity contribution is -0.0175. The van der Waals surface area contributed by atoms with Crippen molar-refractivity contribution in [2.24, 2.45) is 0 Å². The minimum atomic E-state index is -3.42. The number of sulfonamides is 1. The predicted octanol–water partition coefficient (Wildman–Crippen LogP) is 3.38. The molecule has 0 bridgehead atoms. The summed E-state index contributed by atoms with van der Waals surface area (Å²) in [5.41, 5.74) is 1.93. The highest BCUT2D eigenvalue weighted by Gasteiger charge is 2.30. The Bertz CT molecular complexity index is 815. The second kappa shape index (κ2) is 9.46. The zero-order valence-electron chi connectivity index (χ0n) is 15.7. The molecule has 0 radical (unpaired) electrons. The molecule has 1 fully saturated rings. The fourth-order valence-corrected chi connectivity index (χ4v) is 4.96. The fraction of sp³-hybridized carbons (Fsp3) is 0.429. The first-order valence-corrected chi connectivity index (χ1v) is 10.8. The van der Waals surface area contributed by atoms with Crippen LogP contribution in [0.1, 0.15) is 24.0 Å². The van der Waals surface area contributed by atoms with E-state index in [9.17, 15) is 8.42 Å². The third kappa shape index (κ3) is 5.39. The molecule has 146 valence electrons. The summed E-state index contributed by atoms with van der Waals surface area (Å²) in [6.45, 7) is 4.46. The lowest BCUT2D eigenvalue weighted by Gasteiger charge is -2.31. The number of rotatable bonds is 8. The Labute approximate surface area is 162 Å². The third-order valence-electron chi connectivity index (χ3n) is 4.81. The SMILES string of the molecule is Cc1ccccc1S(=O)(=O)N1CCC(OCCOCc2ccccc2)CC1. The first-order valence-electron chi connectivity index (χ1n) is 9.36. The molecule has 1 aliphatic heterocycles. The van der Waals surface area contributed by atoms with Crippen molar-refractivity contribution in [3.05, 3.63) is 65.7 Å². The van der Waals surface area contributed by atoms with Crippen LogP contribution < -0.4 is 0 Å². The van der Waals surface area contributed by atoms with Crippen LogP contribution in [0, 0.1) is 6.92 Å². The summed E-state index contributed by atoms with van der Waals surface area (Å²) in [5, 5.41) is 0. The molecule has 1 saturated heterocycles. The van der Waals surface area contributed by atoms with Crippen LogP contribution in [-0.4, -0.2) is 45.1 Å². The molecule has 0 spiro atoms. The standard InChI is InChI=1S/C21H27NO4S/c1-18-7-5-6-10-21(18)27(23,24)22-13-11-20(12-14-22)26-16-15-25-17-19-8-3-2-4-9-19/h2-10,20H,11-17H2,1H3. The number of ether oxygens (including phenoxy) is 2. The minimum Gasteiger partial charge on any atom is -0.376 e. The van der Waals surface area contributed by atoms with E-state index in [1.165, 1.54) is 0 Å². The van der Waals surface area contributed by atoms with Crippen molar-refractivity contribution in [3.63, 3.8) is 0 Å². The molecule has 27 heavy (non-hydrogen) atoms. The number of piperidine rings is 1. The molecule has 2 aromatic rings. The predicted molar refractivity (Wildman–Crippen MR) is 105 cm³/mol. The Balaban J connectivity index is 1.39. The van der Waals surface area contributed by atoms with Crippen LogP contribution in [0.5, 0.6) is 0 Å². The molecule has 2 aromatic carbocycles. The van der Waals surface area contributed by atoms with E-state index in [1.807, 2.05) is 49.4 Å². The van der Waals surface area contributed by atoms with Crippen LogP contribution in [0.15, 0.2) is 59.5 Å². The molecular weight excluding hydrogens is 362 g/mol. The number of aryl methyl sites for hydroxylation is 1. The zero-order valence-corrected chi connectivity index (χ0v) is 16.5. The van der Waals surface area contributed by atoms with Gasteiger partial charge in [0.05, 0.1) is 30.8 Å². The molecule has 0 saturated carbocycles. The maximum atomic E-state index is 12.8. The zero-order chi connectivity index (χ0) is 19.1. The Hall–Kier alpha value is -1.73. The van der Waals surface area contributed by atoms with E-state index in [-0.39, 0.29) is 6.10 Å². The van der Waals surface area contributed by atoms with E-state index in [1.54, 1.807) is 16.4 Å². The van der Waals surface area contributed by atoms with Crippen molar-refractivity contribution in [1.82, 2.24) is 4.31 Å². The largest absolute Gasteiger partial charge is 0.376 e. The molecule has 1 heterocycles. The van der Waals surface area contributed by atoms with Crippen molar-refractivity contribution in [3.8, 4) is 0 Å². The summed E-state index contributed by atoms with van der Waals surface area (Å²) in [7, 11) is -3.42. The molecule has 6 heteroatoms. The minimum absolute atomic E-state index is 0.0913. The summed E-state index contributed by atoms with van der Waals surface area (Å²) >= 11 is 0. The molecule has 0 atom stereocenters. The number of benzene rings is 2. The number of hydrogen-bond acceptors (Lipinski definition) is 4. The van der Waals surface area contributed by atoms with Gasteiger partial charge in [0, 0.05) is 13.1 Å². The number of nitrogens with zero attached hydrogens (tertiary/aromatic N) is 1. The van der Waals surface area contributed by atoms with Crippen LogP contribution >= 0.6 is 0 Å². The van der Waals surface area contributed by atoms with E-state index in [2.05, 4.69) is 0 Å². The second-order valence-corrected chi connectivity index (χ2v) is 8.68. The third-order valence-corrected chi connectivity index (χ3v) is 6.86. The van der Waals surface area contributed by atoms with Crippen molar-refractivity contribution < 1.29 is 17.9 Å². The Kier molecular flexibility index (Phi) is 7.01. The second-order valence-electron chi connectivity index (χ2n) is 6.78. The topological polar surface area (TPSA) is 55.8 Å². The van der Waals surface area contributed by atoms with Gasteiger partial charge in [0.2, 0.25) is 10.0 Å². The molecule has 0 unspecified atom stereocenters. The normalized spacial score (nSPS) is 16.5. The van der Waals surface area contributed by atoms with Gasteiger partial charge in [0.15, 0.2) is 0 Å². The van der Waals surface area contributed by atoms with Gasteiger partial charge in [-0.1, -0.05) is 48.5 Å². The van der Waals surface area contributed by atoms with Crippen molar-refractivity contribution in [2.75, 3.05) is 26.3 Å². The molecule has 0 aliphatic carbocycles. The Morgan fingerprint density at radius 3 is 2.33 bits per heavy atom. The summed E-state index contributed by atoms with van der Waals surface area (Å²) in [6, 6.07) is 17.2. The van der Waals surface area contributed by atoms with E-state index < -0.39 is 10.0 Å². The van der Waals surface area contributed by atoms with Crippen LogP contribution in [-0.2, 0) is 26.1 Å². The molecule has 0 N–H and O–H groups in total. The van der Waals surface area contributed by atoms with Gasteiger partial charge in [-0.15, -0.1) is 0 Å². The Morgan fingerprint density at radius 2 is 1.63 bits per heavy atom. The van der Waals surface area contributed by atoms with Gasteiger partial charge >= 0.3 is 0 Å². The summed E-state index contributed by atoms with van der Waals surface area (Å²) < 4.78 is 38.7. The van der Waals surface area contributed by atoms with Gasteiger partial charge in [0.25, 0.3) is 0 Å². The maximum absolute atomic E-state index is 12.8. The molecule has 5 nitrogen and oxygen atoms in total. The van der Waals surface area contributed by atoms with E-state index in [0.717, 1.165) is 11.1 Å². The van der Waals surface area contributed by atoms with Gasteiger partial charge in [-0.3, -0.25) is 0 Å². The van der Waals surface area contributed by atoms with E-state index in [0.29, 0.717) is 50.6 Å². The lowest BCUT2D eigenvalue weighted by atomic mass is 10.1. The van der Waals surface area contributed by atoms with Crippen molar-refractivity contribution in [2.45, 2.75) is 37.4 Å². The van der Waals surface area contributed by atoms with Crippen molar-refractivity contribution in [1.29, 1.82) is 0 Å². The molecule has 3 rings (SSSR count). The molecular formula is C21H27NO4S. The van der Waals surface area contributed by atoms with Gasteiger partial charge in [-0.05, 0) is 37.0 Å². The van der Waals surface area contributed by atoms with Gasteiger partial charge in [-0.2, -0.15) is 4.31 Å². The highest BCUT2D eigenvalue weighted by molar-refractivity contribution is 7.89. The smallest absolute Gasteiger partial charge is 0.243 e. The van der Waals surface area contributed by atoms with Crippen molar-refractivity contribution >= 4 is 10.0 Å². The van der Waals surface area contributed by atoms with Crippen LogP contribution in [0.25, 0.3) is 0 Å². The number of hydrogen-bond donors (Lipinski definition) is 0. The summed E-state index contributed by atoms with van der Waals surface area (Å²) in [5.74, 6) is 0. The average Bonchev–Trinajstić information content (AvgIpc) is 2.69. The van der Waals surface area contributed by atoms with Crippen LogP contribution in [0.3, 0.4) is 0 Å². The maximum Gasteiger partial charge on any atom is 0.243 e. The highest BCUT2D eigenvalue weighted by Crippen LogP contribution is 2.24. The van der Waals surface area contributed by atoms with Crippen LogP contribution in [0.4, 0.5) is 0 Å². The first kappa shape index (κ1) is 20.0. The first-order chi connectivity index (χ1) is 13.1. The van der Waals surface area contributed by atoms with E-state index in [4.69, 9.17) is 9.47 Å². The van der Waals surface area contributed by atoms with Gasteiger partial charge in [-0.25, -0.2) is 8.42 Å². The Morgan fingerprint density at radius 1 is 0.963 bits per heavy atom. The summed E-state index contributed by atoms with van der Waals surface area (Å²) in [4.78, 5) is 0.402. The molecule has 1 aliphatic rings. The van der Waals surface area contributed by atoms with Crippen LogP contribution in [0.2, 0.25) is 0 Å². The molecule has 0 amide bonds. The monoisotopic (exact) mass is 389 g/mol. The van der Waals surface area contributed by atoms with Gasteiger partial charge in [0.1, 0.15) is 0 Å². The van der Waals surface area contributed by atoms with E-state index >= 15 is 0 Å². The quantitative estimate of drug-likeness (QED) is 0.650. The fourth-order valence-electron chi connectivity index (χ4n) is 3.26. The van der Waals surface area contributed by atoms with Gasteiger partial charge < -0.3 is 9.47 Å². The average molecular weight is 390 g/mol. The lowest BCUT2D eigenvalue weighted by Crippen LogP contribution is -2.41. The molecule has 0 aromatic heterocycles. The highest BCUT2D eigenvalue weighted by atomic mass is 32.2. The summed E-state index contributed by atoms with van der Waals surface area (Å²) in [6.07, 6.45) is 1.52.